The van der Waals surface area contributed by atoms with E-state index in [1.165, 1.54) is 5.56 Å². The van der Waals surface area contributed by atoms with E-state index in [4.69, 9.17) is 0 Å². The van der Waals surface area contributed by atoms with Crippen LogP contribution in [0.4, 0.5) is 0 Å². The number of benzene rings is 1. The molecule has 1 aromatic rings. The van der Waals surface area contributed by atoms with E-state index in [1.807, 2.05) is 25.1 Å². The molecule has 0 radical (unpaired) electrons. The van der Waals surface area contributed by atoms with Crippen molar-refractivity contribution in [1.82, 2.24) is 5.32 Å². The standard InChI is InChI=1S/C17H23NO2/c1-13-5-6-15(14(2)11-13)7-8-16(20)18-17(12-19)9-3-4-10-17/h5-8,11,19H,3-4,9-10,12H2,1-2H3,(H,18,20). The summed E-state index contributed by atoms with van der Waals surface area (Å²) in [5, 5.41) is 12.5. The van der Waals surface area contributed by atoms with Crippen LogP contribution in [0.2, 0.25) is 0 Å². The van der Waals surface area contributed by atoms with Crippen molar-refractivity contribution in [2.24, 2.45) is 0 Å². The van der Waals surface area contributed by atoms with Crippen LogP contribution >= 0.6 is 0 Å². The van der Waals surface area contributed by atoms with Gasteiger partial charge in [-0.2, -0.15) is 0 Å². The molecule has 0 bridgehead atoms. The van der Waals surface area contributed by atoms with E-state index >= 15 is 0 Å². The minimum absolute atomic E-state index is 0.0239. The molecule has 3 heteroatoms. The van der Waals surface area contributed by atoms with Crippen LogP contribution in [-0.2, 0) is 4.79 Å². The number of aryl methyl sites for hydroxylation is 2. The van der Waals surface area contributed by atoms with E-state index in [-0.39, 0.29) is 12.5 Å². The van der Waals surface area contributed by atoms with Gasteiger partial charge in [0.05, 0.1) is 12.1 Å². The number of hydrogen-bond acceptors (Lipinski definition) is 2. The molecule has 20 heavy (non-hydrogen) atoms. The molecular weight excluding hydrogens is 250 g/mol. The number of carbonyl (C=O) groups excluding carboxylic acids is 1. The van der Waals surface area contributed by atoms with Gasteiger partial charge in [-0.25, -0.2) is 0 Å². The van der Waals surface area contributed by atoms with Crippen molar-refractivity contribution < 1.29 is 9.90 Å². The van der Waals surface area contributed by atoms with Crippen molar-refractivity contribution >= 4 is 12.0 Å². The highest BCUT2D eigenvalue weighted by Gasteiger charge is 2.33. The van der Waals surface area contributed by atoms with Crippen molar-refractivity contribution in [3.63, 3.8) is 0 Å². The summed E-state index contributed by atoms with van der Waals surface area (Å²) in [6.45, 7) is 4.12. The van der Waals surface area contributed by atoms with Gasteiger partial charge in [0.15, 0.2) is 0 Å². The van der Waals surface area contributed by atoms with E-state index in [2.05, 4.69) is 18.3 Å². The highest BCUT2D eigenvalue weighted by atomic mass is 16.3. The fourth-order valence-electron chi connectivity index (χ4n) is 2.86. The molecule has 0 heterocycles. The molecule has 1 aliphatic rings. The summed E-state index contributed by atoms with van der Waals surface area (Å²) in [6.07, 6.45) is 7.28. The third-order valence-electron chi connectivity index (χ3n) is 4.09. The maximum Gasteiger partial charge on any atom is 0.244 e. The Hall–Kier alpha value is -1.61. The largest absolute Gasteiger partial charge is 0.394 e. The average Bonchev–Trinajstić information content (AvgIpc) is 2.87. The Morgan fingerprint density at radius 2 is 2.05 bits per heavy atom. The smallest absolute Gasteiger partial charge is 0.244 e. The summed E-state index contributed by atoms with van der Waals surface area (Å²) in [6, 6.07) is 6.16. The lowest BCUT2D eigenvalue weighted by Crippen LogP contribution is -2.48. The van der Waals surface area contributed by atoms with Crippen LogP contribution in [0.5, 0.6) is 0 Å². The molecule has 3 nitrogen and oxygen atoms in total. The van der Waals surface area contributed by atoms with Crippen LogP contribution in [0.3, 0.4) is 0 Å². The van der Waals surface area contributed by atoms with Crippen LogP contribution in [0.1, 0.15) is 42.4 Å². The third-order valence-corrected chi connectivity index (χ3v) is 4.09. The van der Waals surface area contributed by atoms with Crippen molar-refractivity contribution in [2.75, 3.05) is 6.61 Å². The molecule has 0 aromatic heterocycles. The van der Waals surface area contributed by atoms with Gasteiger partial charge >= 0.3 is 0 Å². The molecule has 2 N–H and O–H groups in total. The number of aliphatic hydroxyl groups is 1. The molecule has 2 rings (SSSR count). The van der Waals surface area contributed by atoms with Gasteiger partial charge in [0.25, 0.3) is 0 Å². The lowest BCUT2D eigenvalue weighted by Gasteiger charge is -2.27. The van der Waals surface area contributed by atoms with E-state index in [9.17, 15) is 9.90 Å². The van der Waals surface area contributed by atoms with Crippen molar-refractivity contribution in [2.45, 2.75) is 45.1 Å². The fourth-order valence-corrected chi connectivity index (χ4v) is 2.86. The average molecular weight is 273 g/mol. The molecule has 0 atom stereocenters. The van der Waals surface area contributed by atoms with Gasteiger partial charge in [0, 0.05) is 6.08 Å². The van der Waals surface area contributed by atoms with Gasteiger partial charge in [-0.3, -0.25) is 4.79 Å². The monoisotopic (exact) mass is 273 g/mol. The predicted octanol–water partition coefficient (Wildman–Crippen LogP) is 2.74. The first-order valence-electron chi connectivity index (χ1n) is 7.23. The summed E-state index contributed by atoms with van der Waals surface area (Å²) in [4.78, 5) is 12.0. The molecule has 0 aliphatic heterocycles. The first-order valence-corrected chi connectivity index (χ1v) is 7.23. The minimum atomic E-state index is -0.399. The number of hydrogen-bond donors (Lipinski definition) is 2. The van der Waals surface area contributed by atoms with E-state index in [0.717, 1.165) is 36.8 Å². The van der Waals surface area contributed by atoms with Gasteiger partial charge in [0.2, 0.25) is 5.91 Å². The minimum Gasteiger partial charge on any atom is -0.394 e. The predicted molar refractivity (Wildman–Crippen MR) is 81.4 cm³/mol. The molecule has 108 valence electrons. The maximum atomic E-state index is 12.0. The fraction of sp³-hybridized carbons (Fsp3) is 0.471. The first kappa shape index (κ1) is 14.8. The molecule has 0 spiro atoms. The topological polar surface area (TPSA) is 49.3 Å². The van der Waals surface area contributed by atoms with Crippen LogP contribution in [0.15, 0.2) is 24.3 Å². The van der Waals surface area contributed by atoms with Crippen molar-refractivity contribution in [3.8, 4) is 0 Å². The summed E-state index contributed by atoms with van der Waals surface area (Å²) < 4.78 is 0. The van der Waals surface area contributed by atoms with Crippen LogP contribution < -0.4 is 5.32 Å². The molecule has 1 fully saturated rings. The second-order valence-electron chi connectivity index (χ2n) is 5.83. The third kappa shape index (κ3) is 3.48. The Labute approximate surface area is 120 Å². The first-order chi connectivity index (χ1) is 9.54. The lowest BCUT2D eigenvalue weighted by atomic mass is 9.99. The van der Waals surface area contributed by atoms with Gasteiger partial charge < -0.3 is 10.4 Å². The molecule has 1 aromatic carbocycles. The molecule has 0 saturated heterocycles. The molecule has 1 amide bonds. The summed E-state index contributed by atoms with van der Waals surface area (Å²) in [5.41, 5.74) is 3.03. The zero-order valence-corrected chi connectivity index (χ0v) is 12.3. The summed E-state index contributed by atoms with van der Waals surface area (Å²) in [5.74, 6) is -0.124. The van der Waals surface area contributed by atoms with Gasteiger partial charge in [-0.15, -0.1) is 0 Å². The molecule has 0 unspecified atom stereocenters. The molecule has 1 saturated carbocycles. The number of nitrogens with one attached hydrogen (secondary N) is 1. The van der Waals surface area contributed by atoms with Crippen LogP contribution in [0, 0.1) is 13.8 Å². The van der Waals surface area contributed by atoms with Crippen molar-refractivity contribution in [1.29, 1.82) is 0 Å². The second kappa shape index (κ2) is 6.23. The highest BCUT2D eigenvalue weighted by molar-refractivity contribution is 5.92. The number of rotatable bonds is 4. The lowest BCUT2D eigenvalue weighted by molar-refractivity contribution is -0.118. The zero-order valence-electron chi connectivity index (χ0n) is 12.3. The van der Waals surface area contributed by atoms with Gasteiger partial charge in [-0.05, 0) is 43.9 Å². The Morgan fingerprint density at radius 3 is 2.65 bits per heavy atom. The Balaban J connectivity index is 2.02. The molecular formula is C17H23NO2. The summed E-state index contributed by atoms with van der Waals surface area (Å²) >= 11 is 0. The quantitative estimate of drug-likeness (QED) is 0.829. The van der Waals surface area contributed by atoms with E-state index in [1.54, 1.807) is 6.08 Å². The molecule has 1 aliphatic carbocycles. The number of carbonyl (C=O) groups is 1. The maximum absolute atomic E-state index is 12.0. The number of amides is 1. The highest BCUT2D eigenvalue weighted by Crippen LogP contribution is 2.29. The normalized spacial score (nSPS) is 17.6. The van der Waals surface area contributed by atoms with E-state index in [0.29, 0.717) is 0 Å². The van der Waals surface area contributed by atoms with Crippen LogP contribution in [-0.4, -0.2) is 23.2 Å². The summed E-state index contributed by atoms with van der Waals surface area (Å²) in [7, 11) is 0. The zero-order chi connectivity index (χ0) is 14.6. The Bertz CT molecular complexity index is 514. The second-order valence-corrected chi connectivity index (χ2v) is 5.83. The van der Waals surface area contributed by atoms with Crippen LogP contribution in [0.25, 0.3) is 6.08 Å². The van der Waals surface area contributed by atoms with Gasteiger partial charge in [-0.1, -0.05) is 36.6 Å². The number of aliphatic hydroxyl groups excluding tert-OH is 1. The SMILES string of the molecule is Cc1ccc(C=CC(=O)NC2(CO)CCCC2)c(C)c1. The Kier molecular flexibility index (Phi) is 4.61. The van der Waals surface area contributed by atoms with E-state index < -0.39 is 5.54 Å². The van der Waals surface area contributed by atoms with Crippen molar-refractivity contribution in [3.05, 3.63) is 41.0 Å². The van der Waals surface area contributed by atoms with Gasteiger partial charge in [0.1, 0.15) is 0 Å². The Morgan fingerprint density at radius 1 is 1.35 bits per heavy atom.